The fourth-order valence-corrected chi connectivity index (χ4v) is 1.52. The first-order chi connectivity index (χ1) is 5.79. The molecule has 12 heavy (non-hydrogen) atoms. The molecule has 0 aliphatic carbocycles. The average molecular weight is 180 g/mol. The van der Waals surface area contributed by atoms with Gasteiger partial charge in [-0.3, -0.25) is 0 Å². The Morgan fingerprint density at radius 2 is 2.33 bits per heavy atom. The fourth-order valence-electron chi connectivity index (χ4n) is 0.958. The van der Waals surface area contributed by atoms with Crippen LogP contribution in [-0.4, -0.2) is 6.26 Å². The van der Waals surface area contributed by atoms with E-state index in [-0.39, 0.29) is 0 Å². The topological polar surface area (TPSA) is 0 Å². The first kappa shape index (κ1) is 11.4. The molecule has 0 radical (unpaired) electrons. The summed E-state index contributed by atoms with van der Waals surface area (Å²) in [6.45, 7) is 5.94. The van der Waals surface area contributed by atoms with Crippen LogP contribution >= 0.6 is 11.8 Å². The maximum atomic E-state index is 5.36. The van der Waals surface area contributed by atoms with Crippen molar-refractivity contribution in [2.24, 2.45) is 0 Å². The van der Waals surface area contributed by atoms with E-state index in [0.29, 0.717) is 0 Å². The number of hydrogen-bond donors (Lipinski definition) is 0. The van der Waals surface area contributed by atoms with Crippen LogP contribution in [0.4, 0.5) is 0 Å². The maximum Gasteiger partial charge on any atom is 0.0599 e. The highest BCUT2D eigenvalue weighted by Crippen LogP contribution is 2.20. The van der Waals surface area contributed by atoms with Crippen LogP contribution < -0.4 is 0 Å². The van der Waals surface area contributed by atoms with E-state index in [2.05, 4.69) is 19.4 Å². The molecule has 0 fully saturated rings. The number of thioether (sulfide) groups is 1. The van der Waals surface area contributed by atoms with E-state index in [0.717, 1.165) is 11.3 Å². The molecule has 0 spiro atoms. The quantitative estimate of drug-likeness (QED) is 0.460. The summed E-state index contributed by atoms with van der Waals surface area (Å²) in [6.07, 6.45) is 12.7. The first-order valence-corrected chi connectivity index (χ1v) is 5.38. The number of allylic oxidation sites excluding steroid dienone is 3. The lowest BCUT2D eigenvalue weighted by atomic mass is 10.1. The molecular weight excluding hydrogens is 164 g/mol. The van der Waals surface area contributed by atoms with Crippen LogP contribution in [-0.2, 0) is 0 Å². The molecule has 0 aromatic rings. The third-order valence-corrected chi connectivity index (χ3v) is 2.46. The van der Waals surface area contributed by atoms with E-state index >= 15 is 0 Å². The zero-order valence-electron chi connectivity index (χ0n) is 7.89. The highest BCUT2D eigenvalue weighted by molar-refractivity contribution is 8.02. The Hall–Kier alpha value is -0.610. The third-order valence-electron chi connectivity index (χ3n) is 1.67. The minimum Gasteiger partial charge on any atom is -0.120 e. The molecule has 0 unspecified atom stereocenters. The van der Waals surface area contributed by atoms with Gasteiger partial charge in [0.2, 0.25) is 0 Å². The minimum absolute atomic E-state index is 1.03. The number of hydrogen-bond acceptors (Lipinski definition) is 1. The molecule has 0 atom stereocenters. The zero-order chi connectivity index (χ0) is 9.40. The molecule has 0 saturated heterocycles. The summed E-state index contributed by atoms with van der Waals surface area (Å²) in [6, 6.07) is 0. The zero-order valence-corrected chi connectivity index (χ0v) is 8.71. The standard InChI is InChI=1S/C11H16S/c1-5-8-9-10(6-2)11(7-3)12-4/h3,6H,2,5,8-9H2,1,4H3. The van der Waals surface area contributed by atoms with Gasteiger partial charge in [0.1, 0.15) is 0 Å². The molecule has 0 N–H and O–H groups in total. The van der Waals surface area contributed by atoms with Crippen LogP contribution in [0.5, 0.6) is 0 Å². The Kier molecular flexibility index (Phi) is 6.70. The van der Waals surface area contributed by atoms with Gasteiger partial charge in [0.15, 0.2) is 0 Å². The predicted octanol–water partition coefficient (Wildman–Crippen LogP) is 3.61. The Morgan fingerprint density at radius 1 is 1.67 bits per heavy atom. The van der Waals surface area contributed by atoms with E-state index in [1.807, 2.05) is 12.3 Å². The van der Waals surface area contributed by atoms with Gasteiger partial charge in [-0.25, -0.2) is 0 Å². The summed E-state index contributed by atoms with van der Waals surface area (Å²) in [5.74, 6) is 2.68. The van der Waals surface area contributed by atoms with Crippen molar-refractivity contribution < 1.29 is 0 Å². The van der Waals surface area contributed by atoms with Gasteiger partial charge in [-0.1, -0.05) is 31.9 Å². The molecule has 0 aromatic heterocycles. The number of unbranched alkanes of at least 4 members (excludes halogenated alkanes) is 1. The summed E-state index contributed by atoms with van der Waals surface area (Å²) in [5, 5.41) is 0. The highest BCUT2D eigenvalue weighted by Gasteiger charge is 1.98. The van der Waals surface area contributed by atoms with Gasteiger partial charge in [-0.05, 0) is 24.7 Å². The molecule has 0 aliphatic rings. The minimum atomic E-state index is 1.03. The summed E-state index contributed by atoms with van der Waals surface area (Å²) >= 11 is 1.63. The maximum absolute atomic E-state index is 5.36. The van der Waals surface area contributed by atoms with Gasteiger partial charge in [0, 0.05) is 0 Å². The summed E-state index contributed by atoms with van der Waals surface area (Å²) in [4.78, 5) is 1.03. The van der Waals surface area contributed by atoms with Gasteiger partial charge < -0.3 is 0 Å². The Balaban J connectivity index is 4.38. The molecule has 0 bridgehead atoms. The van der Waals surface area contributed by atoms with E-state index < -0.39 is 0 Å². The predicted molar refractivity (Wildman–Crippen MR) is 59.1 cm³/mol. The highest BCUT2D eigenvalue weighted by atomic mass is 32.2. The Bertz CT molecular complexity index is 206. The molecule has 0 aromatic carbocycles. The van der Waals surface area contributed by atoms with E-state index in [9.17, 15) is 0 Å². The van der Waals surface area contributed by atoms with Crippen molar-refractivity contribution in [2.75, 3.05) is 6.26 Å². The van der Waals surface area contributed by atoms with E-state index in [1.54, 1.807) is 11.8 Å². The van der Waals surface area contributed by atoms with Crippen LogP contribution in [0.25, 0.3) is 0 Å². The van der Waals surface area contributed by atoms with E-state index in [1.165, 1.54) is 18.4 Å². The van der Waals surface area contributed by atoms with Crippen molar-refractivity contribution in [3.63, 3.8) is 0 Å². The second kappa shape index (κ2) is 7.06. The van der Waals surface area contributed by atoms with Gasteiger partial charge in [-0.2, -0.15) is 0 Å². The normalized spacial score (nSPS) is 11.8. The molecule has 0 rings (SSSR count). The number of terminal acetylenes is 1. The van der Waals surface area contributed by atoms with Gasteiger partial charge in [0.25, 0.3) is 0 Å². The second-order valence-corrected chi connectivity index (χ2v) is 3.33. The van der Waals surface area contributed by atoms with E-state index in [4.69, 9.17) is 6.42 Å². The van der Waals surface area contributed by atoms with Crippen LogP contribution in [0.15, 0.2) is 23.1 Å². The van der Waals surface area contributed by atoms with Crippen LogP contribution in [0.3, 0.4) is 0 Å². The molecule has 0 heterocycles. The third kappa shape index (κ3) is 3.69. The summed E-state index contributed by atoms with van der Waals surface area (Å²) < 4.78 is 0. The van der Waals surface area contributed by atoms with Gasteiger partial charge >= 0.3 is 0 Å². The lowest BCUT2D eigenvalue weighted by Gasteiger charge is -2.03. The lowest BCUT2D eigenvalue weighted by molar-refractivity contribution is 0.798. The van der Waals surface area contributed by atoms with Crippen molar-refractivity contribution in [1.29, 1.82) is 0 Å². The molecule has 0 amide bonds. The molecule has 1 heteroatoms. The summed E-state index contributed by atoms with van der Waals surface area (Å²) in [7, 11) is 0. The van der Waals surface area contributed by atoms with Crippen molar-refractivity contribution >= 4 is 11.8 Å². The van der Waals surface area contributed by atoms with Gasteiger partial charge in [0.05, 0.1) is 4.91 Å². The van der Waals surface area contributed by atoms with Crippen molar-refractivity contribution in [3.05, 3.63) is 23.1 Å². The summed E-state index contributed by atoms with van der Waals surface area (Å²) in [5.41, 5.74) is 1.21. The monoisotopic (exact) mass is 180 g/mol. The molecule has 0 aliphatic heterocycles. The number of rotatable bonds is 5. The fraction of sp³-hybridized carbons (Fsp3) is 0.455. The van der Waals surface area contributed by atoms with Crippen molar-refractivity contribution in [3.8, 4) is 12.3 Å². The molecule has 66 valence electrons. The first-order valence-electron chi connectivity index (χ1n) is 4.16. The Morgan fingerprint density at radius 3 is 2.67 bits per heavy atom. The van der Waals surface area contributed by atoms with Crippen LogP contribution in [0.2, 0.25) is 0 Å². The molecule has 0 saturated carbocycles. The molecular formula is C11H16S. The SMILES string of the molecule is C#CC(SC)=C(C=C)CCCC. The second-order valence-electron chi connectivity index (χ2n) is 2.51. The smallest absolute Gasteiger partial charge is 0.0599 e. The Labute approximate surface area is 80.1 Å². The van der Waals surface area contributed by atoms with Crippen LogP contribution in [0.1, 0.15) is 26.2 Å². The lowest BCUT2D eigenvalue weighted by Crippen LogP contribution is -1.83. The van der Waals surface area contributed by atoms with Crippen molar-refractivity contribution in [1.82, 2.24) is 0 Å². The molecule has 0 nitrogen and oxygen atoms in total. The van der Waals surface area contributed by atoms with Crippen molar-refractivity contribution in [2.45, 2.75) is 26.2 Å². The average Bonchev–Trinajstić information content (AvgIpc) is 2.12. The van der Waals surface area contributed by atoms with Gasteiger partial charge in [-0.15, -0.1) is 18.2 Å². The largest absolute Gasteiger partial charge is 0.120 e. The van der Waals surface area contributed by atoms with Crippen LogP contribution in [0, 0.1) is 12.3 Å².